The molecule has 37 valence electrons. The van der Waals surface area contributed by atoms with Gasteiger partial charge in [0.25, 0.3) is 0 Å². The molecule has 1 aliphatic rings. The van der Waals surface area contributed by atoms with E-state index in [0.717, 1.165) is 0 Å². The minimum Gasteiger partial charge on any atom is -0.366 e. The Morgan fingerprint density at radius 2 is 2.29 bits per heavy atom. The number of hydrogen-bond donors (Lipinski definition) is 1. The molecule has 1 rings (SSSR count). The Kier molecular flexibility index (Phi) is 0.714. The fourth-order valence-corrected chi connectivity index (χ4v) is 0.334. The molecule has 4 nitrogen and oxygen atoms in total. The van der Waals surface area contributed by atoms with Crippen LogP contribution in [0.15, 0.2) is 10.1 Å². The fraction of sp³-hybridized carbons (Fsp3) is 0.333. The molecule has 1 aliphatic heterocycles. The quantitative estimate of drug-likeness (QED) is 0.424. The van der Waals surface area contributed by atoms with Crippen molar-refractivity contribution in [2.75, 3.05) is 0 Å². The SMILES string of the molecule is CC1=N[N]C(N)=N1. The number of nitrogens with two attached hydrogens (primary N) is 1. The third-order valence-corrected chi connectivity index (χ3v) is 0.574. The maximum Gasteiger partial charge on any atom is 0.241 e. The van der Waals surface area contributed by atoms with E-state index >= 15 is 0 Å². The van der Waals surface area contributed by atoms with E-state index in [4.69, 9.17) is 5.73 Å². The Morgan fingerprint density at radius 3 is 2.43 bits per heavy atom. The second-order valence-corrected chi connectivity index (χ2v) is 1.22. The summed E-state index contributed by atoms with van der Waals surface area (Å²) in [5.41, 5.74) is 8.53. The Labute approximate surface area is 41.1 Å². The molecule has 0 atom stereocenters. The van der Waals surface area contributed by atoms with Crippen molar-refractivity contribution in [1.29, 1.82) is 0 Å². The lowest BCUT2D eigenvalue weighted by Crippen LogP contribution is -2.16. The fourth-order valence-electron chi connectivity index (χ4n) is 0.334. The van der Waals surface area contributed by atoms with Gasteiger partial charge in [0.1, 0.15) is 0 Å². The van der Waals surface area contributed by atoms with Crippen molar-refractivity contribution in [2.45, 2.75) is 6.92 Å². The van der Waals surface area contributed by atoms with Crippen LogP contribution in [0.25, 0.3) is 0 Å². The summed E-state index contributed by atoms with van der Waals surface area (Å²) >= 11 is 0. The van der Waals surface area contributed by atoms with Crippen LogP contribution in [0.5, 0.6) is 0 Å². The molecule has 7 heavy (non-hydrogen) atoms. The van der Waals surface area contributed by atoms with Gasteiger partial charge in [0.05, 0.1) is 0 Å². The van der Waals surface area contributed by atoms with Gasteiger partial charge < -0.3 is 5.73 Å². The van der Waals surface area contributed by atoms with Gasteiger partial charge in [-0.25, -0.2) is 0 Å². The summed E-state index contributed by atoms with van der Waals surface area (Å²) in [6.07, 6.45) is 0. The maximum atomic E-state index is 5.09. The summed E-state index contributed by atoms with van der Waals surface area (Å²) < 4.78 is 0. The summed E-state index contributed by atoms with van der Waals surface area (Å²) in [6.45, 7) is 1.74. The van der Waals surface area contributed by atoms with Crippen LogP contribution >= 0.6 is 0 Å². The molecule has 0 aromatic rings. The van der Waals surface area contributed by atoms with E-state index in [1.165, 1.54) is 0 Å². The molecule has 4 heteroatoms. The lowest BCUT2D eigenvalue weighted by atomic mass is 10.7. The monoisotopic (exact) mass is 97.1 g/mol. The van der Waals surface area contributed by atoms with Gasteiger partial charge in [0, 0.05) is 0 Å². The van der Waals surface area contributed by atoms with Crippen molar-refractivity contribution < 1.29 is 0 Å². The highest BCUT2D eigenvalue weighted by Crippen LogP contribution is 1.84. The first kappa shape index (κ1) is 4.11. The molecule has 1 heterocycles. The number of hydrogen-bond acceptors (Lipinski definition) is 3. The van der Waals surface area contributed by atoms with E-state index in [9.17, 15) is 0 Å². The standard InChI is InChI=1S/C3H5N4/c1-2-5-3(4)7-6-2/h1H3,(H2,4,5,6). The van der Waals surface area contributed by atoms with Crippen LogP contribution in [0.2, 0.25) is 0 Å². The van der Waals surface area contributed by atoms with Crippen LogP contribution in [0, 0.1) is 0 Å². The zero-order chi connectivity index (χ0) is 5.28. The number of aliphatic imine (C=N–C) groups is 1. The van der Waals surface area contributed by atoms with Gasteiger partial charge in [-0.15, -0.1) is 10.5 Å². The van der Waals surface area contributed by atoms with E-state index in [-0.39, 0.29) is 5.96 Å². The van der Waals surface area contributed by atoms with Gasteiger partial charge in [0.15, 0.2) is 5.84 Å². The molecule has 0 aromatic carbocycles. The predicted octanol–water partition coefficient (Wildman–Crippen LogP) is -0.748. The molecule has 0 unspecified atom stereocenters. The number of guanidine groups is 1. The molecule has 0 spiro atoms. The smallest absolute Gasteiger partial charge is 0.241 e. The van der Waals surface area contributed by atoms with Crippen LogP contribution in [-0.4, -0.2) is 11.8 Å². The predicted molar refractivity (Wildman–Crippen MR) is 26.9 cm³/mol. The Bertz CT molecular complexity index is 134. The lowest BCUT2D eigenvalue weighted by Gasteiger charge is -1.76. The first-order valence-electron chi connectivity index (χ1n) is 1.88. The van der Waals surface area contributed by atoms with E-state index in [2.05, 4.69) is 15.5 Å². The van der Waals surface area contributed by atoms with Crippen LogP contribution in [0.3, 0.4) is 0 Å². The zero-order valence-corrected chi connectivity index (χ0v) is 3.92. The summed E-state index contributed by atoms with van der Waals surface area (Å²) in [5, 5.41) is 3.53. The number of amidine groups is 1. The van der Waals surface area contributed by atoms with Crippen molar-refractivity contribution in [3.8, 4) is 0 Å². The largest absolute Gasteiger partial charge is 0.366 e. The molecular formula is C3H5N4. The minimum absolute atomic E-state index is 0.248. The normalized spacial score (nSPS) is 17.9. The van der Waals surface area contributed by atoms with Crippen LogP contribution in [-0.2, 0) is 0 Å². The summed E-state index contributed by atoms with van der Waals surface area (Å²) in [4.78, 5) is 3.67. The highest BCUT2D eigenvalue weighted by molar-refractivity contribution is 5.97. The van der Waals surface area contributed by atoms with E-state index < -0.39 is 0 Å². The van der Waals surface area contributed by atoms with Crippen molar-refractivity contribution in [1.82, 2.24) is 5.43 Å². The number of rotatable bonds is 0. The highest BCUT2D eigenvalue weighted by atomic mass is 15.4. The average molecular weight is 97.1 g/mol. The van der Waals surface area contributed by atoms with Crippen LogP contribution in [0.1, 0.15) is 6.92 Å². The second kappa shape index (κ2) is 1.22. The van der Waals surface area contributed by atoms with Gasteiger partial charge in [0.2, 0.25) is 5.96 Å². The molecule has 2 N–H and O–H groups in total. The molecule has 0 aliphatic carbocycles. The lowest BCUT2D eigenvalue weighted by molar-refractivity contribution is 1.02. The van der Waals surface area contributed by atoms with E-state index in [1.807, 2.05) is 0 Å². The Hall–Kier alpha value is -1.06. The maximum absolute atomic E-state index is 5.09. The molecule has 0 amide bonds. The Balaban J connectivity index is 2.69. The van der Waals surface area contributed by atoms with Crippen LogP contribution < -0.4 is 11.2 Å². The number of nitrogens with zero attached hydrogens (tertiary/aromatic N) is 3. The van der Waals surface area contributed by atoms with Gasteiger partial charge in [-0.1, -0.05) is 0 Å². The van der Waals surface area contributed by atoms with Gasteiger partial charge in [-0.05, 0) is 6.92 Å². The van der Waals surface area contributed by atoms with Crippen LogP contribution in [0.4, 0.5) is 0 Å². The van der Waals surface area contributed by atoms with Crippen molar-refractivity contribution in [3.05, 3.63) is 0 Å². The second-order valence-electron chi connectivity index (χ2n) is 1.22. The minimum atomic E-state index is 0.248. The average Bonchev–Trinajstić information content (AvgIpc) is 1.87. The van der Waals surface area contributed by atoms with Crippen molar-refractivity contribution in [2.24, 2.45) is 15.8 Å². The zero-order valence-electron chi connectivity index (χ0n) is 3.92. The van der Waals surface area contributed by atoms with Gasteiger partial charge in [-0.3, -0.25) is 0 Å². The molecule has 0 aromatic heterocycles. The van der Waals surface area contributed by atoms with Gasteiger partial charge >= 0.3 is 0 Å². The van der Waals surface area contributed by atoms with E-state index in [0.29, 0.717) is 5.84 Å². The first-order chi connectivity index (χ1) is 3.29. The molecule has 0 saturated heterocycles. The Morgan fingerprint density at radius 1 is 1.57 bits per heavy atom. The van der Waals surface area contributed by atoms with Crippen molar-refractivity contribution >= 4 is 11.8 Å². The first-order valence-corrected chi connectivity index (χ1v) is 1.88. The third-order valence-electron chi connectivity index (χ3n) is 0.574. The van der Waals surface area contributed by atoms with Gasteiger partial charge in [-0.2, -0.15) is 4.99 Å². The molecule has 1 radical (unpaired) electrons. The molecule has 0 bridgehead atoms. The van der Waals surface area contributed by atoms with Crippen molar-refractivity contribution in [3.63, 3.8) is 0 Å². The molecular weight excluding hydrogens is 92.1 g/mol. The van der Waals surface area contributed by atoms with E-state index in [1.54, 1.807) is 6.92 Å². The summed E-state index contributed by atoms with van der Waals surface area (Å²) in [6, 6.07) is 0. The topological polar surface area (TPSA) is 64.8 Å². The third kappa shape index (κ3) is 0.677. The summed E-state index contributed by atoms with van der Waals surface area (Å²) in [7, 11) is 0. The summed E-state index contributed by atoms with van der Waals surface area (Å²) in [5.74, 6) is 0.870. The molecule has 0 fully saturated rings. The highest BCUT2D eigenvalue weighted by Gasteiger charge is 1.99. The molecule has 0 saturated carbocycles.